The summed E-state index contributed by atoms with van der Waals surface area (Å²) in [6.07, 6.45) is 3.92. The van der Waals surface area contributed by atoms with Crippen LogP contribution in [0.4, 0.5) is 0 Å². The minimum atomic E-state index is 1.08. The molecule has 1 nitrogen and oxygen atoms in total. The van der Waals surface area contributed by atoms with Gasteiger partial charge in [-0.15, -0.1) is 11.8 Å². The van der Waals surface area contributed by atoms with Gasteiger partial charge in [-0.2, -0.15) is 0 Å². The van der Waals surface area contributed by atoms with Crippen molar-refractivity contribution in [2.75, 3.05) is 6.26 Å². The number of pyridine rings is 1. The first kappa shape index (κ1) is 10.2. The molecule has 0 aliphatic carbocycles. The van der Waals surface area contributed by atoms with E-state index in [9.17, 15) is 0 Å². The predicted molar refractivity (Wildman–Crippen MR) is 66.2 cm³/mol. The van der Waals surface area contributed by atoms with Crippen LogP contribution in [0.3, 0.4) is 0 Å². The van der Waals surface area contributed by atoms with E-state index in [2.05, 4.69) is 41.6 Å². The highest BCUT2D eigenvalue weighted by Gasteiger charge is 2.02. The summed E-state index contributed by atoms with van der Waals surface area (Å²) < 4.78 is 0. The number of benzene rings is 1. The Balaban J connectivity index is 2.49. The molecule has 0 fully saturated rings. The van der Waals surface area contributed by atoms with Gasteiger partial charge in [0, 0.05) is 22.3 Å². The van der Waals surface area contributed by atoms with Gasteiger partial charge in [0.25, 0.3) is 0 Å². The van der Waals surface area contributed by atoms with Crippen LogP contribution in [0, 0.1) is 6.92 Å². The third-order valence-corrected chi connectivity index (χ3v) is 3.11. The molecule has 15 heavy (non-hydrogen) atoms. The molecule has 0 amide bonds. The summed E-state index contributed by atoms with van der Waals surface area (Å²) in [6, 6.07) is 12.6. The van der Waals surface area contributed by atoms with Gasteiger partial charge < -0.3 is 0 Å². The summed E-state index contributed by atoms with van der Waals surface area (Å²) in [7, 11) is 0. The molecule has 0 unspecified atom stereocenters. The lowest BCUT2D eigenvalue weighted by Gasteiger charge is -2.05. The van der Waals surface area contributed by atoms with E-state index in [1.165, 1.54) is 16.0 Å². The number of thioether (sulfide) groups is 1. The first-order valence-electron chi connectivity index (χ1n) is 4.87. The van der Waals surface area contributed by atoms with Gasteiger partial charge in [0.1, 0.15) is 0 Å². The lowest BCUT2D eigenvalue weighted by molar-refractivity contribution is 1.20. The highest BCUT2D eigenvalue weighted by atomic mass is 32.2. The van der Waals surface area contributed by atoms with Crippen LogP contribution in [0.2, 0.25) is 0 Å². The van der Waals surface area contributed by atoms with Crippen molar-refractivity contribution in [3.63, 3.8) is 0 Å². The zero-order valence-electron chi connectivity index (χ0n) is 8.90. The van der Waals surface area contributed by atoms with E-state index in [0.717, 1.165) is 5.69 Å². The normalized spacial score (nSPS) is 10.3. The number of rotatable bonds is 2. The number of hydrogen-bond donors (Lipinski definition) is 0. The van der Waals surface area contributed by atoms with Gasteiger partial charge in [0.2, 0.25) is 0 Å². The maximum Gasteiger partial charge on any atom is 0.0450 e. The molecular weight excluding hydrogens is 202 g/mol. The van der Waals surface area contributed by atoms with Crippen LogP contribution in [0.15, 0.2) is 47.5 Å². The van der Waals surface area contributed by atoms with Crippen LogP contribution in [-0.2, 0) is 0 Å². The Morgan fingerprint density at radius 1 is 1.13 bits per heavy atom. The third kappa shape index (κ3) is 2.21. The van der Waals surface area contributed by atoms with Crippen molar-refractivity contribution in [3.05, 3.63) is 48.3 Å². The van der Waals surface area contributed by atoms with E-state index in [4.69, 9.17) is 0 Å². The quantitative estimate of drug-likeness (QED) is 0.707. The fourth-order valence-electron chi connectivity index (χ4n) is 1.58. The molecule has 0 saturated heterocycles. The van der Waals surface area contributed by atoms with Crippen molar-refractivity contribution in [3.8, 4) is 11.1 Å². The molecular formula is C13H13NS. The zero-order valence-corrected chi connectivity index (χ0v) is 9.71. The van der Waals surface area contributed by atoms with E-state index >= 15 is 0 Å². The topological polar surface area (TPSA) is 12.9 Å². The van der Waals surface area contributed by atoms with E-state index in [-0.39, 0.29) is 0 Å². The molecule has 0 N–H and O–H groups in total. The lowest BCUT2D eigenvalue weighted by atomic mass is 10.1. The van der Waals surface area contributed by atoms with Crippen molar-refractivity contribution in [2.24, 2.45) is 0 Å². The second-order valence-corrected chi connectivity index (χ2v) is 4.25. The molecule has 76 valence electrons. The number of hydrogen-bond acceptors (Lipinski definition) is 2. The monoisotopic (exact) mass is 215 g/mol. The van der Waals surface area contributed by atoms with Gasteiger partial charge in [-0.05, 0) is 36.9 Å². The Bertz CT molecular complexity index is 466. The molecule has 2 aromatic rings. The fraction of sp³-hybridized carbons (Fsp3) is 0.154. The van der Waals surface area contributed by atoms with Crippen LogP contribution < -0.4 is 0 Å². The SMILES string of the molecule is CSc1cccc(-c2cccnc2C)c1. The Hall–Kier alpha value is -1.28. The third-order valence-electron chi connectivity index (χ3n) is 2.39. The van der Waals surface area contributed by atoms with Crippen LogP contribution in [-0.4, -0.2) is 11.2 Å². The molecule has 2 heteroatoms. The summed E-state index contributed by atoms with van der Waals surface area (Å²) in [5.74, 6) is 0. The Labute approximate surface area is 94.6 Å². The summed E-state index contributed by atoms with van der Waals surface area (Å²) in [5, 5.41) is 0. The largest absolute Gasteiger partial charge is 0.261 e. The van der Waals surface area contributed by atoms with E-state index < -0.39 is 0 Å². The minimum absolute atomic E-state index is 1.08. The number of aryl methyl sites for hydroxylation is 1. The second kappa shape index (κ2) is 4.49. The van der Waals surface area contributed by atoms with E-state index in [0.29, 0.717) is 0 Å². The van der Waals surface area contributed by atoms with Gasteiger partial charge in [-0.25, -0.2) is 0 Å². The highest BCUT2D eigenvalue weighted by molar-refractivity contribution is 7.98. The standard InChI is InChI=1S/C13H13NS/c1-10-13(7-4-8-14-10)11-5-3-6-12(9-11)15-2/h3-9H,1-2H3. The van der Waals surface area contributed by atoms with Crippen LogP contribution in [0.5, 0.6) is 0 Å². The summed E-state index contributed by atoms with van der Waals surface area (Å²) in [6.45, 7) is 2.04. The molecule has 1 heterocycles. The molecule has 0 bridgehead atoms. The zero-order chi connectivity index (χ0) is 10.7. The van der Waals surface area contributed by atoms with Crippen molar-refractivity contribution >= 4 is 11.8 Å². The minimum Gasteiger partial charge on any atom is -0.261 e. The smallest absolute Gasteiger partial charge is 0.0450 e. The van der Waals surface area contributed by atoms with Gasteiger partial charge >= 0.3 is 0 Å². The molecule has 0 radical (unpaired) electrons. The molecule has 2 rings (SSSR count). The average Bonchev–Trinajstić information content (AvgIpc) is 2.30. The molecule has 0 atom stereocenters. The molecule has 0 spiro atoms. The molecule has 1 aromatic carbocycles. The predicted octanol–water partition coefficient (Wildman–Crippen LogP) is 3.78. The highest BCUT2D eigenvalue weighted by Crippen LogP contribution is 2.25. The van der Waals surface area contributed by atoms with Crippen molar-refractivity contribution in [1.82, 2.24) is 4.98 Å². The lowest BCUT2D eigenvalue weighted by Crippen LogP contribution is -1.86. The summed E-state index contributed by atoms with van der Waals surface area (Å²) >= 11 is 1.76. The summed E-state index contributed by atoms with van der Waals surface area (Å²) in [4.78, 5) is 5.59. The summed E-state index contributed by atoms with van der Waals surface area (Å²) in [5.41, 5.74) is 3.54. The Kier molecular flexibility index (Phi) is 3.07. The first-order chi connectivity index (χ1) is 7.31. The first-order valence-corrected chi connectivity index (χ1v) is 6.10. The van der Waals surface area contributed by atoms with E-state index in [1.54, 1.807) is 11.8 Å². The van der Waals surface area contributed by atoms with E-state index in [1.807, 2.05) is 19.2 Å². The Morgan fingerprint density at radius 3 is 2.73 bits per heavy atom. The van der Waals surface area contributed by atoms with Crippen LogP contribution in [0.1, 0.15) is 5.69 Å². The Morgan fingerprint density at radius 2 is 2.00 bits per heavy atom. The van der Waals surface area contributed by atoms with Gasteiger partial charge in [-0.3, -0.25) is 4.98 Å². The van der Waals surface area contributed by atoms with Crippen molar-refractivity contribution in [1.29, 1.82) is 0 Å². The number of nitrogens with zero attached hydrogens (tertiary/aromatic N) is 1. The molecule has 0 saturated carbocycles. The van der Waals surface area contributed by atoms with Gasteiger partial charge in [0.15, 0.2) is 0 Å². The van der Waals surface area contributed by atoms with Crippen molar-refractivity contribution < 1.29 is 0 Å². The molecule has 0 aliphatic rings. The van der Waals surface area contributed by atoms with Gasteiger partial charge in [0.05, 0.1) is 0 Å². The molecule has 0 aliphatic heterocycles. The second-order valence-electron chi connectivity index (χ2n) is 3.37. The maximum absolute atomic E-state index is 4.30. The van der Waals surface area contributed by atoms with Crippen molar-refractivity contribution in [2.45, 2.75) is 11.8 Å². The fourth-order valence-corrected chi connectivity index (χ4v) is 2.04. The molecule has 1 aromatic heterocycles. The average molecular weight is 215 g/mol. The van der Waals surface area contributed by atoms with Gasteiger partial charge in [-0.1, -0.05) is 18.2 Å². The van der Waals surface area contributed by atoms with Crippen LogP contribution >= 0.6 is 11.8 Å². The maximum atomic E-state index is 4.30. The number of aromatic nitrogens is 1. The van der Waals surface area contributed by atoms with Crippen LogP contribution in [0.25, 0.3) is 11.1 Å².